The monoisotopic (exact) mass is 229 g/mol. The molecule has 0 atom stereocenters. The number of carbonyl (C=O) groups is 1. The van der Waals surface area contributed by atoms with Gasteiger partial charge in [-0.1, -0.05) is 17.7 Å². The van der Waals surface area contributed by atoms with E-state index in [0.29, 0.717) is 6.54 Å². The number of aryl methyl sites for hydroxylation is 2. The maximum Gasteiger partial charge on any atom is 0.251 e. The van der Waals surface area contributed by atoms with Crippen molar-refractivity contribution in [2.45, 2.75) is 20.4 Å². The van der Waals surface area contributed by atoms with Crippen LogP contribution in [0.25, 0.3) is 0 Å². The number of amides is 1. The van der Waals surface area contributed by atoms with E-state index in [0.717, 1.165) is 22.4 Å². The third-order valence-corrected chi connectivity index (χ3v) is 2.64. The number of nitrogens with one attached hydrogen (secondary N) is 2. The summed E-state index contributed by atoms with van der Waals surface area (Å²) >= 11 is 0. The van der Waals surface area contributed by atoms with Crippen molar-refractivity contribution >= 4 is 5.91 Å². The fourth-order valence-electron chi connectivity index (χ4n) is 1.63. The molecular formula is C13H15N3O. The van der Waals surface area contributed by atoms with Crippen LogP contribution in [0.15, 0.2) is 30.5 Å². The van der Waals surface area contributed by atoms with Gasteiger partial charge in [0.2, 0.25) is 0 Å². The third kappa shape index (κ3) is 2.72. The number of nitrogens with zero attached hydrogens (tertiary/aromatic N) is 1. The molecule has 0 aliphatic carbocycles. The summed E-state index contributed by atoms with van der Waals surface area (Å²) in [6, 6.07) is 7.70. The summed E-state index contributed by atoms with van der Waals surface area (Å²) in [7, 11) is 0. The summed E-state index contributed by atoms with van der Waals surface area (Å²) in [5.41, 5.74) is 3.69. The lowest BCUT2D eigenvalue weighted by Crippen LogP contribution is -2.23. The SMILES string of the molecule is Cc1ccc(C)c(C(=O)NCc2ccn[nH]2)c1. The molecule has 1 amide bonds. The number of rotatable bonds is 3. The highest BCUT2D eigenvalue weighted by Crippen LogP contribution is 2.10. The number of aromatic amines is 1. The van der Waals surface area contributed by atoms with Gasteiger partial charge in [-0.2, -0.15) is 5.10 Å². The highest BCUT2D eigenvalue weighted by Gasteiger charge is 2.08. The molecule has 2 N–H and O–H groups in total. The van der Waals surface area contributed by atoms with Crippen LogP contribution in [0.3, 0.4) is 0 Å². The molecule has 2 rings (SSSR count). The van der Waals surface area contributed by atoms with Crippen molar-refractivity contribution in [3.8, 4) is 0 Å². The minimum Gasteiger partial charge on any atom is -0.346 e. The number of hydrogen-bond acceptors (Lipinski definition) is 2. The maximum atomic E-state index is 12.0. The number of aromatic nitrogens is 2. The first kappa shape index (κ1) is 11.4. The fourth-order valence-corrected chi connectivity index (χ4v) is 1.63. The highest BCUT2D eigenvalue weighted by molar-refractivity contribution is 5.95. The molecule has 0 aliphatic heterocycles. The zero-order chi connectivity index (χ0) is 12.3. The average Bonchev–Trinajstić information content (AvgIpc) is 2.82. The van der Waals surface area contributed by atoms with Crippen LogP contribution >= 0.6 is 0 Å². The number of hydrogen-bond donors (Lipinski definition) is 2. The molecular weight excluding hydrogens is 214 g/mol. The van der Waals surface area contributed by atoms with E-state index < -0.39 is 0 Å². The molecule has 4 heteroatoms. The first-order valence-corrected chi connectivity index (χ1v) is 5.50. The third-order valence-electron chi connectivity index (χ3n) is 2.64. The molecule has 0 spiro atoms. The van der Waals surface area contributed by atoms with E-state index in [1.165, 1.54) is 0 Å². The molecule has 17 heavy (non-hydrogen) atoms. The topological polar surface area (TPSA) is 57.8 Å². The molecule has 0 unspecified atom stereocenters. The molecule has 0 saturated carbocycles. The first-order valence-electron chi connectivity index (χ1n) is 5.50. The van der Waals surface area contributed by atoms with Gasteiger partial charge in [0.05, 0.1) is 12.2 Å². The Morgan fingerprint density at radius 1 is 1.35 bits per heavy atom. The van der Waals surface area contributed by atoms with Crippen molar-refractivity contribution in [2.24, 2.45) is 0 Å². The van der Waals surface area contributed by atoms with E-state index in [4.69, 9.17) is 0 Å². The molecule has 1 aromatic heterocycles. The maximum absolute atomic E-state index is 12.0. The second-order valence-corrected chi connectivity index (χ2v) is 4.08. The summed E-state index contributed by atoms with van der Waals surface area (Å²) in [4.78, 5) is 12.0. The summed E-state index contributed by atoms with van der Waals surface area (Å²) in [5, 5.41) is 9.49. The van der Waals surface area contributed by atoms with Crippen LogP contribution < -0.4 is 5.32 Å². The van der Waals surface area contributed by atoms with E-state index in [-0.39, 0.29) is 5.91 Å². The summed E-state index contributed by atoms with van der Waals surface area (Å²) in [5.74, 6) is -0.0548. The Kier molecular flexibility index (Phi) is 3.23. The van der Waals surface area contributed by atoms with Crippen molar-refractivity contribution in [2.75, 3.05) is 0 Å². The molecule has 0 saturated heterocycles. The quantitative estimate of drug-likeness (QED) is 0.845. The van der Waals surface area contributed by atoms with E-state index in [9.17, 15) is 4.79 Å². The number of benzene rings is 1. The van der Waals surface area contributed by atoms with Gasteiger partial charge >= 0.3 is 0 Å². The van der Waals surface area contributed by atoms with Crippen molar-refractivity contribution in [3.63, 3.8) is 0 Å². The Morgan fingerprint density at radius 2 is 2.18 bits per heavy atom. The zero-order valence-corrected chi connectivity index (χ0v) is 9.95. The van der Waals surface area contributed by atoms with Crippen molar-refractivity contribution in [3.05, 3.63) is 52.8 Å². The molecule has 2 aromatic rings. The lowest BCUT2D eigenvalue weighted by Gasteiger charge is -2.07. The van der Waals surface area contributed by atoms with Gasteiger partial charge in [-0.15, -0.1) is 0 Å². The zero-order valence-electron chi connectivity index (χ0n) is 9.95. The second-order valence-electron chi connectivity index (χ2n) is 4.08. The van der Waals surface area contributed by atoms with E-state index in [1.54, 1.807) is 6.20 Å². The lowest BCUT2D eigenvalue weighted by atomic mass is 10.1. The van der Waals surface area contributed by atoms with Gasteiger partial charge in [0, 0.05) is 11.8 Å². The minimum absolute atomic E-state index is 0.0548. The number of H-pyrrole nitrogens is 1. The highest BCUT2D eigenvalue weighted by atomic mass is 16.1. The van der Waals surface area contributed by atoms with Crippen LogP contribution in [-0.2, 0) is 6.54 Å². The van der Waals surface area contributed by atoms with E-state index in [1.807, 2.05) is 38.1 Å². The van der Waals surface area contributed by atoms with Crippen LogP contribution in [0.5, 0.6) is 0 Å². The van der Waals surface area contributed by atoms with Crippen LogP contribution in [0, 0.1) is 13.8 Å². The van der Waals surface area contributed by atoms with Gasteiger partial charge < -0.3 is 5.32 Å². The van der Waals surface area contributed by atoms with Gasteiger partial charge in [0.1, 0.15) is 0 Å². The number of carbonyl (C=O) groups excluding carboxylic acids is 1. The Labute approximate surface area is 100 Å². The van der Waals surface area contributed by atoms with Gasteiger partial charge in [-0.25, -0.2) is 0 Å². The standard InChI is InChI=1S/C13H15N3O/c1-9-3-4-10(2)12(7-9)13(17)14-8-11-5-6-15-16-11/h3-7H,8H2,1-2H3,(H,14,17)(H,15,16). The normalized spacial score (nSPS) is 10.2. The molecule has 88 valence electrons. The molecule has 0 radical (unpaired) electrons. The molecule has 0 fully saturated rings. The summed E-state index contributed by atoms with van der Waals surface area (Å²) in [6.45, 7) is 4.38. The minimum atomic E-state index is -0.0548. The van der Waals surface area contributed by atoms with Gasteiger partial charge in [-0.05, 0) is 31.5 Å². The molecule has 4 nitrogen and oxygen atoms in total. The second kappa shape index (κ2) is 4.82. The predicted molar refractivity (Wildman–Crippen MR) is 65.7 cm³/mol. The summed E-state index contributed by atoms with van der Waals surface area (Å²) in [6.07, 6.45) is 1.67. The lowest BCUT2D eigenvalue weighted by molar-refractivity contribution is 0.0949. The van der Waals surface area contributed by atoms with Crippen LogP contribution in [0.4, 0.5) is 0 Å². The molecule has 0 bridgehead atoms. The Morgan fingerprint density at radius 3 is 2.88 bits per heavy atom. The van der Waals surface area contributed by atoms with Crippen molar-refractivity contribution in [1.29, 1.82) is 0 Å². The van der Waals surface area contributed by atoms with Crippen molar-refractivity contribution < 1.29 is 4.79 Å². The van der Waals surface area contributed by atoms with E-state index >= 15 is 0 Å². The average molecular weight is 229 g/mol. The smallest absolute Gasteiger partial charge is 0.251 e. The van der Waals surface area contributed by atoms with Gasteiger partial charge in [0.25, 0.3) is 5.91 Å². The molecule has 1 aromatic carbocycles. The van der Waals surface area contributed by atoms with Gasteiger partial charge in [0.15, 0.2) is 0 Å². The van der Waals surface area contributed by atoms with E-state index in [2.05, 4.69) is 15.5 Å². The van der Waals surface area contributed by atoms with Crippen LogP contribution in [0.2, 0.25) is 0 Å². The Balaban J connectivity index is 2.07. The summed E-state index contributed by atoms with van der Waals surface area (Å²) < 4.78 is 0. The van der Waals surface area contributed by atoms with Gasteiger partial charge in [-0.3, -0.25) is 9.89 Å². The fraction of sp³-hybridized carbons (Fsp3) is 0.231. The largest absolute Gasteiger partial charge is 0.346 e. The van der Waals surface area contributed by atoms with Crippen molar-refractivity contribution in [1.82, 2.24) is 15.5 Å². The first-order chi connectivity index (χ1) is 8.16. The molecule has 1 heterocycles. The Bertz CT molecular complexity index is 517. The van der Waals surface area contributed by atoms with Crippen LogP contribution in [-0.4, -0.2) is 16.1 Å². The Hall–Kier alpha value is -2.10. The molecule has 0 aliphatic rings. The predicted octanol–water partition coefficient (Wildman–Crippen LogP) is 1.96. The van der Waals surface area contributed by atoms with Crippen LogP contribution in [0.1, 0.15) is 27.2 Å².